The maximum atomic E-state index is 11.3. The first kappa shape index (κ1) is 8.13. The average Bonchev–Trinajstić information content (AvgIpc) is 2.53. The fourth-order valence-corrected chi connectivity index (χ4v) is 1.03. The zero-order valence-electron chi connectivity index (χ0n) is 6.44. The van der Waals surface area contributed by atoms with E-state index in [4.69, 9.17) is 0 Å². The molecule has 0 radical (unpaired) electrons. The molecule has 0 aliphatic carbocycles. The first-order chi connectivity index (χ1) is 5.25. The Morgan fingerprint density at radius 3 is 3.00 bits per heavy atom. The molecule has 11 heavy (non-hydrogen) atoms. The summed E-state index contributed by atoms with van der Waals surface area (Å²) in [6, 6.07) is 0. The molecule has 0 bridgehead atoms. The Bertz CT molecular complexity index is 234. The first-order valence-corrected chi connectivity index (χ1v) is 4.12. The van der Waals surface area contributed by atoms with Crippen LogP contribution in [0.5, 0.6) is 0 Å². The summed E-state index contributed by atoms with van der Waals surface area (Å²) in [7, 11) is 1.74. The molecule has 0 N–H and O–H groups in total. The molecule has 1 aromatic rings. The number of nitrogens with zero attached hydrogens (tertiary/aromatic N) is 3. The lowest BCUT2D eigenvalue weighted by Crippen LogP contribution is -2.26. The lowest BCUT2D eigenvalue weighted by molar-refractivity contribution is 0.0796. The van der Waals surface area contributed by atoms with Crippen LogP contribution in [0.4, 0.5) is 0 Å². The number of rotatable bonds is 2. The quantitative estimate of drug-likeness (QED) is 0.655. The van der Waals surface area contributed by atoms with E-state index in [2.05, 4.69) is 9.59 Å². The van der Waals surface area contributed by atoms with E-state index in [1.807, 2.05) is 6.92 Å². The molecule has 1 heterocycles. The van der Waals surface area contributed by atoms with Gasteiger partial charge in [-0.25, -0.2) is 0 Å². The largest absolute Gasteiger partial charge is 0.341 e. The van der Waals surface area contributed by atoms with Crippen molar-refractivity contribution in [1.29, 1.82) is 0 Å². The standard InChI is InChI=1S/C6H9N3OS/c1-3-9(2)6(10)5-4-11-8-7-5/h4H,3H2,1-2H3. The van der Waals surface area contributed by atoms with E-state index >= 15 is 0 Å². The molecule has 0 unspecified atom stereocenters. The molecule has 4 nitrogen and oxygen atoms in total. The Kier molecular flexibility index (Phi) is 2.53. The molecule has 1 rings (SSSR count). The van der Waals surface area contributed by atoms with Crippen molar-refractivity contribution >= 4 is 17.4 Å². The third-order valence-corrected chi connectivity index (χ3v) is 1.90. The molecule has 0 saturated heterocycles. The SMILES string of the molecule is CCN(C)C(=O)c1csnn1. The molecule has 5 heteroatoms. The predicted molar refractivity (Wildman–Crippen MR) is 42.5 cm³/mol. The highest BCUT2D eigenvalue weighted by Gasteiger charge is 2.11. The van der Waals surface area contributed by atoms with E-state index in [1.165, 1.54) is 11.5 Å². The molecule has 60 valence electrons. The van der Waals surface area contributed by atoms with Gasteiger partial charge in [0.25, 0.3) is 5.91 Å². The van der Waals surface area contributed by atoms with Crippen molar-refractivity contribution in [3.8, 4) is 0 Å². The van der Waals surface area contributed by atoms with Crippen LogP contribution in [-0.2, 0) is 0 Å². The molecule has 0 atom stereocenters. The third-order valence-electron chi connectivity index (χ3n) is 1.40. The number of hydrogen-bond acceptors (Lipinski definition) is 4. The van der Waals surface area contributed by atoms with Gasteiger partial charge in [0.2, 0.25) is 0 Å². The van der Waals surface area contributed by atoms with E-state index in [0.29, 0.717) is 12.2 Å². The van der Waals surface area contributed by atoms with Gasteiger partial charge in [-0.15, -0.1) is 5.10 Å². The summed E-state index contributed by atoms with van der Waals surface area (Å²) in [5, 5.41) is 5.31. The van der Waals surface area contributed by atoms with Gasteiger partial charge in [-0.2, -0.15) is 0 Å². The van der Waals surface area contributed by atoms with Gasteiger partial charge in [0, 0.05) is 19.0 Å². The molecule has 0 spiro atoms. The minimum Gasteiger partial charge on any atom is -0.341 e. The van der Waals surface area contributed by atoms with Gasteiger partial charge in [-0.05, 0) is 18.5 Å². The Balaban J connectivity index is 2.70. The van der Waals surface area contributed by atoms with Crippen LogP contribution in [-0.4, -0.2) is 34.0 Å². The molecule has 0 aliphatic rings. The average molecular weight is 171 g/mol. The van der Waals surface area contributed by atoms with Gasteiger partial charge in [0.1, 0.15) is 0 Å². The van der Waals surface area contributed by atoms with Crippen LogP contribution < -0.4 is 0 Å². The van der Waals surface area contributed by atoms with Gasteiger partial charge < -0.3 is 4.90 Å². The van der Waals surface area contributed by atoms with Crippen molar-refractivity contribution in [3.63, 3.8) is 0 Å². The minimum absolute atomic E-state index is 0.0683. The van der Waals surface area contributed by atoms with E-state index in [0.717, 1.165) is 0 Å². The lowest BCUT2D eigenvalue weighted by Gasteiger charge is -2.11. The highest BCUT2D eigenvalue weighted by atomic mass is 32.1. The lowest BCUT2D eigenvalue weighted by atomic mass is 10.4. The normalized spacial score (nSPS) is 9.64. The number of amides is 1. The molecule has 1 amide bonds. The molecule has 0 aliphatic heterocycles. The number of hydrogen-bond donors (Lipinski definition) is 0. The van der Waals surface area contributed by atoms with Crippen molar-refractivity contribution in [1.82, 2.24) is 14.5 Å². The van der Waals surface area contributed by atoms with Crippen LogP contribution in [0.3, 0.4) is 0 Å². The van der Waals surface area contributed by atoms with Crippen LogP contribution in [0.25, 0.3) is 0 Å². The van der Waals surface area contributed by atoms with Crippen LogP contribution in [0.1, 0.15) is 17.4 Å². The fraction of sp³-hybridized carbons (Fsp3) is 0.500. The molecule has 1 aromatic heterocycles. The summed E-state index contributed by atoms with van der Waals surface area (Å²) < 4.78 is 3.60. The summed E-state index contributed by atoms with van der Waals surface area (Å²) in [5.41, 5.74) is 0.430. The maximum Gasteiger partial charge on any atom is 0.275 e. The van der Waals surface area contributed by atoms with E-state index in [9.17, 15) is 4.79 Å². The van der Waals surface area contributed by atoms with Crippen LogP contribution in [0.15, 0.2) is 5.38 Å². The van der Waals surface area contributed by atoms with Crippen LogP contribution in [0.2, 0.25) is 0 Å². The van der Waals surface area contributed by atoms with Crippen molar-refractivity contribution in [2.75, 3.05) is 13.6 Å². The summed E-state index contributed by atoms with van der Waals surface area (Å²) in [6.45, 7) is 2.61. The van der Waals surface area contributed by atoms with Crippen molar-refractivity contribution < 1.29 is 4.79 Å². The van der Waals surface area contributed by atoms with Gasteiger partial charge in [0.05, 0.1) is 0 Å². The van der Waals surface area contributed by atoms with Crippen molar-refractivity contribution in [2.24, 2.45) is 0 Å². The Morgan fingerprint density at radius 2 is 2.55 bits per heavy atom. The van der Waals surface area contributed by atoms with Crippen LogP contribution in [0, 0.1) is 0 Å². The maximum absolute atomic E-state index is 11.3. The predicted octanol–water partition coefficient (Wildman–Crippen LogP) is 0.630. The zero-order chi connectivity index (χ0) is 8.27. The first-order valence-electron chi connectivity index (χ1n) is 3.28. The van der Waals surface area contributed by atoms with Crippen LogP contribution >= 0.6 is 11.5 Å². The number of aromatic nitrogens is 2. The minimum atomic E-state index is -0.0683. The second-order valence-electron chi connectivity index (χ2n) is 2.11. The topological polar surface area (TPSA) is 46.1 Å². The molecule has 0 saturated carbocycles. The van der Waals surface area contributed by atoms with Crippen molar-refractivity contribution in [2.45, 2.75) is 6.92 Å². The molecular formula is C6H9N3OS. The second-order valence-corrected chi connectivity index (χ2v) is 2.72. The number of carbonyl (C=O) groups is 1. The Morgan fingerprint density at radius 1 is 1.82 bits per heavy atom. The second kappa shape index (κ2) is 3.43. The van der Waals surface area contributed by atoms with Gasteiger partial charge >= 0.3 is 0 Å². The van der Waals surface area contributed by atoms with E-state index in [-0.39, 0.29) is 5.91 Å². The summed E-state index contributed by atoms with van der Waals surface area (Å²) in [4.78, 5) is 12.9. The summed E-state index contributed by atoms with van der Waals surface area (Å²) in [5.74, 6) is -0.0683. The summed E-state index contributed by atoms with van der Waals surface area (Å²) >= 11 is 1.19. The highest BCUT2D eigenvalue weighted by Crippen LogP contribution is 2.00. The van der Waals surface area contributed by atoms with Crippen molar-refractivity contribution in [3.05, 3.63) is 11.1 Å². The highest BCUT2D eigenvalue weighted by molar-refractivity contribution is 7.03. The monoisotopic (exact) mass is 171 g/mol. The van der Waals surface area contributed by atoms with Gasteiger partial charge in [0.15, 0.2) is 5.69 Å². The van der Waals surface area contributed by atoms with Gasteiger partial charge in [-0.1, -0.05) is 4.49 Å². The fourth-order valence-electron chi connectivity index (χ4n) is 0.597. The molecule has 0 aromatic carbocycles. The Labute approximate surface area is 69.0 Å². The molecular weight excluding hydrogens is 162 g/mol. The van der Waals surface area contributed by atoms with Gasteiger partial charge in [-0.3, -0.25) is 4.79 Å². The zero-order valence-corrected chi connectivity index (χ0v) is 7.26. The molecule has 0 fully saturated rings. The summed E-state index contributed by atoms with van der Waals surface area (Å²) in [6.07, 6.45) is 0. The third kappa shape index (κ3) is 1.74. The van der Waals surface area contributed by atoms with E-state index < -0.39 is 0 Å². The smallest absolute Gasteiger partial charge is 0.275 e. The Hall–Kier alpha value is -0.970. The van der Waals surface area contributed by atoms with E-state index in [1.54, 1.807) is 17.3 Å². The number of carbonyl (C=O) groups excluding carboxylic acids is 1.